The van der Waals surface area contributed by atoms with Crippen molar-refractivity contribution in [2.24, 2.45) is 0 Å². The number of hydrogen-bond acceptors (Lipinski definition) is 2. The Hall–Kier alpha value is -7.68. The average Bonchev–Trinajstić information content (AvgIpc) is 3.69. The Balaban J connectivity index is 1.13. The van der Waals surface area contributed by atoms with E-state index in [1.807, 2.05) is 0 Å². The second kappa shape index (κ2) is 14.1. The van der Waals surface area contributed by atoms with E-state index in [0.717, 1.165) is 66.5 Å². The molecule has 0 unspecified atom stereocenters. The molecule has 2 heteroatoms. The van der Waals surface area contributed by atoms with Crippen LogP contribution in [0.25, 0.3) is 88.0 Å². The molecule has 11 rings (SSSR count). The van der Waals surface area contributed by atoms with Crippen molar-refractivity contribution in [3.8, 4) is 44.5 Å². The van der Waals surface area contributed by atoms with E-state index in [9.17, 15) is 0 Å². The van der Waals surface area contributed by atoms with Crippen molar-refractivity contribution in [1.29, 1.82) is 0 Å². The van der Waals surface area contributed by atoms with Crippen LogP contribution in [0.2, 0.25) is 0 Å². The molecule has 2 nitrogen and oxygen atoms in total. The standard InChI is InChI=1S/C56H37NO/c1-3-14-38(15-4-1)41-28-30-42(31-29-41)45-21-12-23-47(35-45)57(48-33-32-40-18-7-8-19-44(40)36-48)53-37-52-55-49(46-22-11-20-43(34-46)39-16-5-2-6-17-39)26-13-27-54(55)58-56(52)51-25-10-9-24-50(51)53/h1-37H. The van der Waals surface area contributed by atoms with Gasteiger partial charge in [-0.1, -0.05) is 182 Å². The number of hydrogen-bond donors (Lipinski definition) is 0. The van der Waals surface area contributed by atoms with Crippen LogP contribution < -0.4 is 4.90 Å². The van der Waals surface area contributed by atoms with Crippen LogP contribution in [0.15, 0.2) is 229 Å². The van der Waals surface area contributed by atoms with Crippen molar-refractivity contribution in [3.05, 3.63) is 224 Å². The van der Waals surface area contributed by atoms with Gasteiger partial charge in [-0.25, -0.2) is 0 Å². The fourth-order valence-electron chi connectivity index (χ4n) is 8.60. The Bertz CT molecular complexity index is 3270. The Labute approximate surface area is 337 Å². The van der Waals surface area contributed by atoms with Gasteiger partial charge in [0.15, 0.2) is 0 Å². The lowest BCUT2D eigenvalue weighted by Crippen LogP contribution is -2.10. The van der Waals surface area contributed by atoms with Gasteiger partial charge in [0, 0.05) is 32.9 Å². The summed E-state index contributed by atoms with van der Waals surface area (Å²) in [6.07, 6.45) is 0. The minimum atomic E-state index is 0.873. The van der Waals surface area contributed by atoms with E-state index < -0.39 is 0 Å². The van der Waals surface area contributed by atoms with Crippen LogP contribution in [0.5, 0.6) is 0 Å². The molecular weight excluding hydrogens is 703 g/mol. The molecule has 0 N–H and O–H groups in total. The summed E-state index contributed by atoms with van der Waals surface area (Å²) in [6.45, 7) is 0. The molecule has 11 aromatic rings. The molecule has 0 atom stereocenters. The third-order valence-corrected chi connectivity index (χ3v) is 11.4. The second-order valence-corrected chi connectivity index (χ2v) is 14.9. The lowest BCUT2D eigenvalue weighted by Gasteiger charge is -2.28. The lowest BCUT2D eigenvalue weighted by molar-refractivity contribution is 0.673. The molecule has 0 bridgehead atoms. The first-order chi connectivity index (χ1) is 28.7. The molecule has 0 aliphatic rings. The van der Waals surface area contributed by atoms with Crippen LogP contribution in [0.3, 0.4) is 0 Å². The molecule has 0 aliphatic heterocycles. The summed E-state index contributed by atoms with van der Waals surface area (Å²) >= 11 is 0. The van der Waals surface area contributed by atoms with Crippen LogP contribution in [0.4, 0.5) is 17.1 Å². The summed E-state index contributed by atoms with van der Waals surface area (Å²) < 4.78 is 6.85. The first-order valence-electron chi connectivity index (χ1n) is 19.8. The molecule has 272 valence electrons. The Morgan fingerprint density at radius 2 is 0.862 bits per heavy atom. The summed E-state index contributed by atoms with van der Waals surface area (Å²) in [5.74, 6) is 0. The molecule has 0 aliphatic carbocycles. The van der Waals surface area contributed by atoms with Crippen molar-refractivity contribution in [1.82, 2.24) is 0 Å². The van der Waals surface area contributed by atoms with Crippen LogP contribution in [-0.2, 0) is 0 Å². The van der Waals surface area contributed by atoms with E-state index in [-0.39, 0.29) is 0 Å². The highest BCUT2D eigenvalue weighted by Gasteiger charge is 2.22. The predicted molar refractivity (Wildman–Crippen MR) is 245 cm³/mol. The molecule has 0 fully saturated rings. The second-order valence-electron chi connectivity index (χ2n) is 14.9. The maximum Gasteiger partial charge on any atom is 0.143 e. The van der Waals surface area contributed by atoms with E-state index in [1.54, 1.807) is 0 Å². The predicted octanol–water partition coefficient (Wildman–Crippen LogP) is 16.0. The van der Waals surface area contributed by atoms with E-state index in [4.69, 9.17) is 4.42 Å². The topological polar surface area (TPSA) is 16.4 Å². The fraction of sp³-hybridized carbons (Fsp3) is 0. The zero-order valence-electron chi connectivity index (χ0n) is 31.7. The van der Waals surface area contributed by atoms with Crippen molar-refractivity contribution in [2.75, 3.05) is 4.90 Å². The maximum atomic E-state index is 6.85. The molecule has 0 saturated carbocycles. The van der Waals surface area contributed by atoms with Crippen molar-refractivity contribution in [3.63, 3.8) is 0 Å². The lowest BCUT2D eigenvalue weighted by atomic mass is 9.94. The zero-order valence-corrected chi connectivity index (χ0v) is 31.7. The quantitative estimate of drug-likeness (QED) is 0.162. The van der Waals surface area contributed by atoms with Crippen LogP contribution in [-0.4, -0.2) is 0 Å². The van der Waals surface area contributed by atoms with Gasteiger partial charge in [-0.05, 0) is 97.7 Å². The van der Waals surface area contributed by atoms with Gasteiger partial charge in [0.25, 0.3) is 0 Å². The van der Waals surface area contributed by atoms with Crippen LogP contribution in [0.1, 0.15) is 0 Å². The molecule has 0 spiro atoms. The SMILES string of the molecule is c1ccc(-c2ccc(-c3cccc(N(c4ccc5ccccc5c4)c4cc5c(oc6cccc(-c7cccc(-c8ccccc8)c7)c65)c5ccccc45)c3)cc2)cc1. The van der Waals surface area contributed by atoms with Gasteiger partial charge in [0.1, 0.15) is 11.2 Å². The van der Waals surface area contributed by atoms with Gasteiger partial charge in [0.2, 0.25) is 0 Å². The first kappa shape index (κ1) is 33.6. The van der Waals surface area contributed by atoms with Gasteiger partial charge in [-0.2, -0.15) is 0 Å². The summed E-state index contributed by atoms with van der Waals surface area (Å²) in [5, 5.41) is 6.80. The highest BCUT2D eigenvalue weighted by atomic mass is 16.3. The Kier molecular flexibility index (Phi) is 8.19. The monoisotopic (exact) mass is 739 g/mol. The minimum Gasteiger partial charge on any atom is -0.455 e. The number of fused-ring (bicyclic) bond motifs is 6. The molecule has 0 amide bonds. The van der Waals surface area contributed by atoms with Crippen molar-refractivity contribution < 1.29 is 4.42 Å². The third-order valence-electron chi connectivity index (χ3n) is 11.4. The molecular formula is C56H37NO. The normalized spacial score (nSPS) is 11.4. The Morgan fingerprint density at radius 1 is 0.310 bits per heavy atom. The van der Waals surface area contributed by atoms with Crippen molar-refractivity contribution >= 4 is 60.5 Å². The van der Waals surface area contributed by atoms with Crippen LogP contribution >= 0.6 is 0 Å². The summed E-state index contributed by atoms with van der Waals surface area (Å²) in [4.78, 5) is 2.42. The smallest absolute Gasteiger partial charge is 0.143 e. The van der Waals surface area contributed by atoms with Gasteiger partial charge >= 0.3 is 0 Å². The van der Waals surface area contributed by atoms with Gasteiger partial charge in [-0.3, -0.25) is 0 Å². The highest BCUT2D eigenvalue weighted by molar-refractivity contribution is 6.22. The number of nitrogens with zero attached hydrogens (tertiary/aromatic N) is 1. The van der Waals surface area contributed by atoms with Gasteiger partial charge in [-0.15, -0.1) is 0 Å². The van der Waals surface area contributed by atoms with Crippen LogP contribution in [0, 0.1) is 0 Å². The van der Waals surface area contributed by atoms with E-state index in [2.05, 4.69) is 229 Å². The van der Waals surface area contributed by atoms with Gasteiger partial charge in [0.05, 0.1) is 5.69 Å². The maximum absolute atomic E-state index is 6.85. The molecule has 0 radical (unpaired) electrons. The Morgan fingerprint density at radius 3 is 1.64 bits per heavy atom. The first-order valence-corrected chi connectivity index (χ1v) is 19.8. The molecule has 1 aromatic heterocycles. The van der Waals surface area contributed by atoms with Crippen molar-refractivity contribution in [2.45, 2.75) is 0 Å². The zero-order chi connectivity index (χ0) is 38.4. The third kappa shape index (κ3) is 5.91. The number of anilines is 3. The minimum absolute atomic E-state index is 0.873. The molecule has 0 saturated heterocycles. The van der Waals surface area contributed by atoms with E-state index >= 15 is 0 Å². The molecule has 10 aromatic carbocycles. The molecule has 1 heterocycles. The molecule has 58 heavy (non-hydrogen) atoms. The average molecular weight is 740 g/mol. The van der Waals surface area contributed by atoms with E-state index in [1.165, 1.54) is 38.6 Å². The number of furan rings is 1. The number of benzene rings is 10. The highest BCUT2D eigenvalue weighted by Crippen LogP contribution is 2.47. The summed E-state index contributed by atoms with van der Waals surface area (Å²) in [6, 6.07) is 80.7. The summed E-state index contributed by atoms with van der Waals surface area (Å²) in [5.41, 5.74) is 14.4. The van der Waals surface area contributed by atoms with Gasteiger partial charge < -0.3 is 9.32 Å². The fourth-order valence-corrected chi connectivity index (χ4v) is 8.60. The van der Waals surface area contributed by atoms with E-state index in [0.29, 0.717) is 0 Å². The summed E-state index contributed by atoms with van der Waals surface area (Å²) in [7, 11) is 0. The number of rotatable bonds is 7. The largest absolute Gasteiger partial charge is 0.455 e.